The maximum Gasteiger partial charge on any atom is 0.143 e. The van der Waals surface area contributed by atoms with Gasteiger partial charge in [-0.1, -0.05) is 146 Å². The molecule has 57 heavy (non-hydrogen) atoms. The first-order valence-electron chi connectivity index (χ1n) is 19.4. The molecule has 0 N–H and O–H groups in total. The smallest absolute Gasteiger partial charge is 0.143 e. The Bertz CT molecular complexity index is 3750. The Balaban J connectivity index is 1.17. The van der Waals surface area contributed by atoms with E-state index >= 15 is 0 Å². The fraction of sp³-hybridized carbons (Fsp3) is 0. The molecule has 0 aliphatic heterocycles. The highest BCUT2D eigenvalue weighted by Gasteiger charge is 2.26. The Hall–Kier alpha value is -7.62. The monoisotopic (exact) mass is 726 g/mol. The molecule has 0 aliphatic rings. The van der Waals surface area contributed by atoms with Gasteiger partial charge in [-0.05, 0) is 90.1 Å². The standard InChI is InChI=1S/C54H30O3/c1-2-15-33-28-47-42(27-32(33)14-1)51-41(24-12-26-46(51)57-47)49-36-18-5-7-20-38(36)50(39-21-8-6-19-37(39)49)43-29-48-52(40-22-9-10-25-45(40)56-48)53-44(30-55-54(43)53)35-23-11-16-31-13-3-4-17-34(31)35/h1-30H. The first-order valence-corrected chi connectivity index (χ1v) is 19.4. The molecule has 0 fully saturated rings. The van der Waals surface area contributed by atoms with Gasteiger partial charge in [0.05, 0.1) is 6.26 Å². The van der Waals surface area contributed by atoms with Crippen LogP contribution in [0, 0.1) is 0 Å². The SMILES string of the molecule is c1ccc2cc3c(cc2c1)oc1cccc(-c2c4ccccc4c(-c4cc5oc6ccccc6c5c5c(-c6cccc7ccccc67)coc45)c4ccccc24)c13. The van der Waals surface area contributed by atoms with Crippen LogP contribution in [0.5, 0.6) is 0 Å². The van der Waals surface area contributed by atoms with Gasteiger partial charge in [0, 0.05) is 43.6 Å². The van der Waals surface area contributed by atoms with Crippen LogP contribution in [-0.4, -0.2) is 0 Å². The third-order valence-electron chi connectivity index (χ3n) is 12.1. The van der Waals surface area contributed by atoms with E-state index in [9.17, 15) is 0 Å². The Morgan fingerprint density at radius 1 is 0.281 bits per heavy atom. The lowest BCUT2D eigenvalue weighted by Crippen LogP contribution is -1.92. The molecule has 13 aromatic rings. The van der Waals surface area contributed by atoms with Crippen LogP contribution in [0.2, 0.25) is 0 Å². The summed E-state index contributed by atoms with van der Waals surface area (Å²) < 4.78 is 20.2. The molecule has 0 radical (unpaired) electrons. The lowest BCUT2D eigenvalue weighted by Gasteiger charge is -2.18. The van der Waals surface area contributed by atoms with E-state index in [0.717, 1.165) is 104 Å². The number of furan rings is 3. The summed E-state index contributed by atoms with van der Waals surface area (Å²) in [6.45, 7) is 0. The molecule has 10 aromatic carbocycles. The van der Waals surface area contributed by atoms with Crippen LogP contribution < -0.4 is 0 Å². The van der Waals surface area contributed by atoms with Crippen molar-refractivity contribution in [2.45, 2.75) is 0 Å². The molecule has 0 saturated heterocycles. The number of fused-ring (bicyclic) bond motifs is 12. The predicted molar refractivity (Wildman–Crippen MR) is 237 cm³/mol. The van der Waals surface area contributed by atoms with E-state index in [0.29, 0.717) is 0 Å². The fourth-order valence-corrected chi connectivity index (χ4v) is 9.70. The van der Waals surface area contributed by atoms with Gasteiger partial charge in [0.1, 0.15) is 27.9 Å². The van der Waals surface area contributed by atoms with Crippen molar-refractivity contribution in [1.82, 2.24) is 0 Å². The van der Waals surface area contributed by atoms with Crippen molar-refractivity contribution in [3.8, 4) is 33.4 Å². The van der Waals surface area contributed by atoms with Gasteiger partial charge >= 0.3 is 0 Å². The third kappa shape index (κ3) is 4.26. The quantitative estimate of drug-likeness (QED) is 0.170. The number of hydrogen-bond donors (Lipinski definition) is 0. The lowest BCUT2D eigenvalue weighted by atomic mass is 9.84. The molecule has 3 heterocycles. The summed E-state index contributed by atoms with van der Waals surface area (Å²) in [7, 11) is 0. The van der Waals surface area contributed by atoms with Gasteiger partial charge in [-0.2, -0.15) is 0 Å². The van der Waals surface area contributed by atoms with E-state index in [-0.39, 0.29) is 0 Å². The summed E-state index contributed by atoms with van der Waals surface area (Å²) in [4.78, 5) is 0. The van der Waals surface area contributed by atoms with Crippen LogP contribution in [0.4, 0.5) is 0 Å². The maximum absolute atomic E-state index is 6.85. The Labute approximate surface area is 325 Å². The van der Waals surface area contributed by atoms with Gasteiger partial charge in [0.2, 0.25) is 0 Å². The molecule has 0 spiro atoms. The van der Waals surface area contributed by atoms with Crippen molar-refractivity contribution < 1.29 is 13.3 Å². The summed E-state index contributed by atoms with van der Waals surface area (Å²) in [6, 6.07) is 62.6. The van der Waals surface area contributed by atoms with Gasteiger partial charge in [-0.15, -0.1) is 0 Å². The average molecular weight is 727 g/mol. The van der Waals surface area contributed by atoms with Gasteiger partial charge in [0.15, 0.2) is 0 Å². The van der Waals surface area contributed by atoms with E-state index in [1.165, 1.54) is 27.1 Å². The highest BCUT2D eigenvalue weighted by molar-refractivity contribution is 6.31. The minimum absolute atomic E-state index is 0.834. The summed E-state index contributed by atoms with van der Waals surface area (Å²) in [5.41, 5.74) is 10.9. The van der Waals surface area contributed by atoms with Gasteiger partial charge in [0.25, 0.3) is 0 Å². The number of benzene rings is 10. The Morgan fingerprint density at radius 2 is 0.825 bits per heavy atom. The number of para-hydroxylation sites is 1. The molecule has 264 valence electrons. The van der Waals surface area contributed by atoms with Crippen LogP contribution >= 0.6 is 0 Å². The zero-order chi connectivity index (χ0) is 37.2. The van der Waals surface area contributed by atoms with E-state index in [1.54, 1.807) is 0 Å². The molecule has 0 amide bonds. The van der Waals surface area contributed by atoms with Crippen LogP contribution in [0.3, 0.4) is 0 Å². The molecule has 0 bridgehead atoms. The van der Waals surface area contributed by atoms with Gasteiger partial charge in [-0.3, -0.25) is 0 Å². The van der Waals surface area contributed by atoms with Crippen molar-refractivity contribution >= 4 is 97.9 Å². The van der Waals surface area contributed by atoms with E-state index in [1.807, 2.05) is 12.3 Å². The van der Waals surface area contributed by atoms with Crippen molar-refractivity contribution in [1.29, 1.82) is 0 Å². The molecule has 0 saturated carbocycles. The highest BCUT2D eigenvalue weighted by atomic mass is 16.3. The average Bonchev–Trinajstić information content (AvgIpc) is 3.97. The zero-order valence-electron chi connectivity index (χ0n) is 30.5. The summed E-state index contributed by atoms with van der Waals surface area (Å²) in [6.07, 6.45) is 1.95. The van der Waals surface area contributed by atoms with Crippen molar-refractivity contribution in [2.75, 3.05) is 0 Å². The summed E-state index contributed by atoms with van der Waals surface area (Å²) in [5, 5.41) is 14.8. The second-order valence-corrected chi connectivity index (χ2v) is 15.1. The van der Waals surface area contributed by atoms with Crippen molar-refractivity contribution in [3.05, 3.63) is 182 Å². The molecule has 3 aromatic heterocycles. The molecule has 3 nitrogen and oxygen atoms in total. The predicted octanol–water partition coefficient (Wildman–Crippen LogP) is 15.8. The van der Waals surface area contributed by atoms with Gasteiger partial charge in [-0.25, -0.2) is 0 Å². The first kappa shape index (κ1) is 30.7. The van der Waals surface area contributed by atoms with Crippen LogP contribution in [-0.2, 0) is 0 Å². The minimum atomic E-state index is 0.834. The second-order valence-electron chi connectivity index (χ2n) is 15.1. The molecular weight excluding hydrogens is 697 g/mol. The highest BCUT2D eigenvalue weighted by Crippen LogP contribution is 2.51. The van der Waals surface area contributed by atoms with Crippen molar-refractivity contribution in [3.63, 3.8) is 0 Å². The van der Waals surface area contributed by atoms with E-state index < -0.39 is 0 Å². The van der Waals surface area contributed by atoms with E-state index in [4.69, 9.17) is 13.3 Å². The largest absolute Gasteiger partial charge is 0.463 e. The number of hydrogen-bond acceptors (Lipinski definition) is 3. The third-order valence-corrected chi connectivity index (χ3v) is 12.1. The number of rotatable bonds is 3. The summed E-state index contributed by atoms with van der Waals surface area (Å²) >= 11 is 0. The van der Waals surface area contributed by atoms with Crippen LogP contribution in [0.15, 0.2) is 195 Å². The normalized spacial score (nSPS) is 12.2. The van der Waals surface area contributed by atoms with Crippen LogP contribution in [0.1, 0.15) is 0 Å². The van der Waals surface area contributed by atoms with Crippen LogP contribution in [0.25, 0.3) is 131 Å². The molecule has 0 atom stereocenters. The fourth-order valence-electron chi connectivity index (χ4n) is 9.70. The molecular formula is C54H30O3. The maximum atomic E-state index is 6.85. The Morgan fingerprint density at radius 3 is 1.58 bits per heavy atom. The Kier molecular flexibility index (Phi) is 6.16. The zero-order valence-corrected chi connectivity index (χ0v) is 30.5. The second kappa shape index (κ2) is 11.5. The molecule has 0 unspecified atom stereocenters. The topological polar surface area (TPSA) is 39.4 Å². The molecule has 13 rings (SSSR count). The molecule has 3 heteroatoms. The van der Waals surface area contributed by atoms with Gasteiger partial charge < -0.3 is 13.3 Å². The summed E-state index contributed by atoms with van der Waals surface area (Å²) in [5.74, 6) is 0. The molecule has 0 aliphatic carbocycles. The van der Waals surface area contributed by atoms with E-state index in [2.05, 4.69) is 170 Å². The lowest BCUT2D eigenvalue weighted by molar-refractivity contribution is 0.617. The minimum Gasteiger partial charge on any atom is -0.463 e. The van der Waals surface area contributed by atoms with Crippen molar-refractivity contribution in [2.24, 2.45) is 0 Å². The first-order chi connectivity index (χ1) is 28.3.